The van der Waals surface area contributed by atoms with E-state index >= 15 is 0 Å². The number of benzene rings is 1. The van der Waals surface area contributed by atoms with E-state index in [1.807, 2.05) is 6.92 Å². The topological polar surface area (TPSA) is 66.6 Å². The van der Waals surface area contributed by atoms with Crippen LogP contribution in [0.4, 0.5) is 6.01 Å². The summed E-state index contributed by atoms with van der Waals surface area (Å²) in [7, 11) is 0. The van der Waals surface area contributed by atoms with Gasteiger partial charge in [0.05, 0.1) is 5.56 Å². The van der Waals surface area contributed by atoms with Crippen molar-refractivity contribution in [3.8, 4) is 0 Å². The van der Waals surface area contributed by atoms with E-state index in [-0.39, 0.29) is 5.56 Å². The van der Waals surface area contributed by atoms with Gasteiger partial charge < -0.3 is 14.4 Å². The zero-order valence-corrected chi connectivity index (χ0v) is 11.4. The molecule has 0 aliphatic rings. The first-order valence-electron chi connectivity index (χ1n) is 6.47. The van der Waals surface area contributed by atoms with E-state index in [0.29, 0.717) is 23.2 Å². The van der Waals surface area contributed by atoms with Gasteiger partial charge in [-0.25, -0.2) is 4.79 Å². The normalized spacial score (nSPS) is 12.6. The maximum absolute atomic E-state index is 10.9. The van der Waals surface area contributed by atoms with Gasteiger partial charge in [0.25, 0.3) is 6.01 Å². The van der Waals surface area contributed by atoms with Crippen LogP contribution in [0.15, 0.2) is 22.6 Å². The van der Waals surface area contributed by atoms with Crippen LogP contribution in [0.25, 0.3) is 11.1 Å². The lowest BCUT2D eigenvalue weighted by atomic mass is 10.2. The molecule has 1 unspecified atom stereocenters. The van der Waals surface area contributed by atoms with Crippen molar-refractivity contribution in [1.82, 2.24) is 4.98 Å². The van der Waals surface area contributed by atoms with Crippen molar-refractivity contribution in [3.05, 3.63) is 23.8 Å². The number of aromatic carboxylic acids is 1. The average Bonchev–Trinajstić information content (AvgIpc) is 2.81. The van der Waals surface area contributed by atoms with Gasteiger partial charge in [0, 0.05) is 12.6 Å². The van der Waals surface area contributed by atoms with E-state index in [9.17, 15) is 4.79 Å². The number of fused-ring (bicyclic) bond motifs is 1. The Labute approximate surface area is 111 Å². The number of nitrogens with zero attached hydrogens (tertiary/aromatic N) is 2. The van der Waals surface area contributed by atoms with Gasteiger partial charge in [0.2, 0.25) is 0 Å². The summed E-state index contributed by atoms with van der Waals surface area (Å²) in [6, 6.07) is 5.61. The van der Waals surface area contributed by atoms with Crippen LogP contribution in [-0.2, 0) is 0 Å². The molecule has 1 aromatic heterocycles. The average molecular weight is 262 g/mol. The molecule has 2 rings (SSSR count). The Hall–Kier alpha value is -2.04. The highest BCUT2D eigenvalue weighted by Gasteiger charge is 2.17. The summed E-state index contributed by atoms with van der Waals surface area (Å²) in [5.41, 5.74) is 1.40. The van der Waals surface area contributed by atoms with E-state index in [1.54, 1.807) is 6.07 Å². The first kappa shape index (κ1) is 13.4. The molecule has 0 spiro atoms. The summed E-state index contributed by atoms with van der Waals surface area (Å²) < 4.78 is 5.69. The van der Waals surface area contributed by atoms with E-state index in [1.165, 1.54) is 12.1 Å². The van der Waals surface area contributed by atoms with Gasteiger partial charge in [-0.3, -0.25) is 0 Å². The van der Waals surface area contributed by atoms with E-state index in [2.05, 4.69) is 23.7 Å². The molecule has 1 atom stereocenters. The molecule has 2 aromatic rings. The molecule has 0 aliphatic heterocycles. The van der Waals surface area contributed by atoms with Gasteiger partial charge in [-0.15, -0.1) is 0 Å². The second-order valence-corrected chi connectivity index (χ2v) is 4.53. The zero-order valence-electron chi connectivity index (χ0n) is 11.4. The third kappa shape index (κ3) is 2.54. The number of aromatic nitrogens is 1. The number of hydrogen-bond acceptors (Lipinski definition) is 4. The van der Waals surface area contributed by atoms with Crippen molar-refractivity contribution in [2.24, 2.45) is 0 Å². The Bertz CT molecular complexity index is 591. The van der Waals surface area contributed by atoms with Crippen molar-refractivity contribution in [2.75, 3.05) is 11.4 Å². The van der Waals surface area contributed by atoms with Crippen molar-refractivity contribution >= 4 is 23.1 Å². The second kappa shape index (κ2) is 5.30. The van der Waals surface area contributed by atoms with Crippen LogP contribution in [0, 0.1) is 0 Å². The minimum Gasteiger partial charge on any atom is -0.478 e. The first-order valence-corrected chi connectivity index (χ1v) is 6.47. The largest absolute Gasteiger partial charge is 0.478 e. The van der Waals surface area contributed by atoms with Gasteiger partial charge in [-0.1, -0.05) is 6.92 Å². The SMILES string of the molecule is CCC(C)N(CC)c1nc2ccc(C(=O)O)cc2o1. The van der Waals surface area contributed by atoms with Crippen LogP contribution in [0.2, 0.25) is 0 Å². The number of carbonyl (C=O) groups is 1. The van der Waals surface area contributed by atoms with Crippen LogP contribution in [0.3, 0.4) is 0 Å². The second-order valence-electron chi connectivity index (χ2n) is 4.53. The first-order chi connectivity index (χ1) is 9.06. The van der Waals surface area contributed by atoms with E-state index in [0.717, 1.165) is 13.0 Å². The maximum atomic E-state index is 10.9. The fraction of sp³-hybridized carbons (Fsp3) is 0.429. The van der Waals surface area contributed by atoms with Gasteiger partial charge in [0.1, 0.15) is 5.52 Å². The Morgan fingerprint density at radius 3 is 2.79 bits per heavy atom. The minimum absolute atomic E-state index is 0.210. The zero-order chi connectivity index (χ0) is 14.0. The van der Waals surface area contributed by atoms with Gasteiger partial charge in [-0.05, 0) is 38.5 Å². The summed E-state index contributed by atoms with van der Waals surface area (Å²) in [5, 5.41) is 8.96. The third-order valence-corrected chi connectivity index (χ3v) is 3.33. The van der Waals surface area contributed by atoms with Crippen LogP contribution < -0.4 is 4.90 Å². The monoisotopic (exact) mass is 262 g/mol. The lowest BCUT2D eigenvalue weighted by Crippen LogP contribution is -2.32. The molecule has 5 nitrogen and oxygen atoms in total. The van der Waals surface area contributed by atoms with Gasteiger partial charge >= 0.3 is 5.97 Å². The molecule has 0 fully saturated rings. The van der Waals surface area contributed by atoms with E-state index < -0.39 is 5.97 Å². The molecule has 1 aromatic carbocycles. The van der Waals surface area contributed by atoms with Crippen LogP contribution in [0.1, 0.15) is 37.6 Å². The molecule has 0 saturated heterocycles. The summed E-state index contributed by atoms with van der Waals surface area (Å²) in [4.78, 5) is 17.4. The molecule has 5 heteroatoms. The quantitative estimate of drug-likeness (QED) is 0.896. The smallest absolute Gasteiger partial charge is 0.335 e. The summed E-state index contributed by atoms with van der Waals surface area (Å²) in [6.45, 7) is 7.07. The maximum Gasteiger partial charge on any atom is 0.335 e. The number of carboxylic acids is 1. The molecule has 0 aliphatic carbocycles. The summed E-state index contributed by atoms with van der Waals surface area (Å²) in [6.07, 6.45) is 0.993. The number of rotatable bonds is 5. The number of oxazole rings is 1. The van der Waals surface area contributed by atoms with Gasteiger partial charge in [0.15, 0.2) is 5.58 Å². The van der Waals surface area contributed by atoms with Crippen molar-refractivity contribution < 1.29 is 14.3 Å². The van der Waals surface area contributed by atoms with Crippen LogP contribution in [-0.4, -0.2) is 28.6 Å². The predicted molar refractivity (Wildman–Crippen MR) is 73.7 cm³/mol. The third-order valence-electron chi connectivity index (χ3n) is 3.33. The standard InChI is InChI=1S/C14H18N2O3/c1-4-9(3)16(5-2)14-15-11-7-6-10(13(17)18)8-12(11)19-14/h6-9H,4-5H2,1-3H3,(H,17,18). The number of anilines is 1. The highest BCUT2D eigenvalue weighted by atomic mass is 16.4. The van der Waals surface area contributed by atoms with Crippen molar-refractivity contribution in [2.45, 2.75) is 33.2 Å². The molecule has 0 bridgehead atoms. The number of hydrogen-bond donors (Lipinski definition) is 1. The fourth-order valence-corrected chi connectivity index (χ4v) is 2.02. The molecule has 0 amide bonds. The summed E-state index contributed by atoms with van der Waals surface area (Å²) >= 11 is 0. The molecular weight excluding hydrogens is 244 g/mol. The molecular formula is C14H18N2O3. The van der Waals surface area contributed by atoms with Gasteiger partial charge in [-0.2, -0.15) is 4.98 Å². The Morgan fingerprint density at radius 1 is 1.47 bits per heavy atom. The van der Waals surface area contributed by atoms with Crippen LogP contribution in [0.5, 0.6) is 0 Å². The van der Waals surface area contributed by atoms with Crippen molar-refractivity contribution in [3.63, 3.8) is 0 Å². The summed E-state index contributed by atoms with van der Waals surface area (Å²) in [5.74, 6) is -0.964. The highest BCUT2D eigenvalue weighted by Crippen LogP contribution is 2.24. The Kier molecular flexibility index (Phi) is 3.74. The molecule has 19 heavy (non-hydrogen) atoms. The molecule has 102 valence electrons. The van der Waals surface area contributed by atoms with Crippen molar-refractivity contribution in [1.29, 1.82) is 0 Å². The number of carboxylic acid groups (broad SMARTS) is 1. The Morgan fingerprint density at radius 2 is 2.21 bits per heavy atom. The lowest BCUT2D eigenvalue weighted by molar-refractivity contribution is 0.0697. The predicted octanol–water partition coefficient (Wildman–Crippen LogP) is 3.15. The van der Waals surface area contributed by atoms with E-state index in [4.69, 9.17) is 9.52 Å². The minimum atomic E-state index is -0.964. The molecule has 1 heterocycles. The fourth-order valence-electron chi connectivity index (χ4n) is 2.02. The molecule has 0 radical (unpaired) electrons. The highest BCUT2D eigenvalue weighted by molar-refractivity contribution is 5.92. The molecule has 0 saturated carbocycles. The lowest BCUT2D eigenvalue weighted by Gasteiger charge is -2.24. The van der Waals surface area contributed by atoms with Crippen LogP contribution >= 0.6 is 0 Å². The molecule has 1 N–H and O–H groups in total. The Balaban J connectivity index is 2.43.